The molecule has 0 spiro atoms. The van der Waals surface area contributed by atoms with Gasteiger partial charge in [-0.3, -0.25) is 4.68 Å². The second-order valence-corrected chi connectivity index (χ2v) is 6.73. The average molecular weight is 291 g/mol. The van der Waals surface area contributed by atoms with Crippen molar-refractivity contribution in [2.45, 2.75) is 59.5 Å². The summed E-state index contributed by atoms with van der Waals surface area (Å²) in [5.41, 5.74) is 10.1. The predicted octanol–water partition coefficient (Wildman–Crippen LogP) is 3.76. The molecule has 110 valence electrons. The zero-order chi connectivity index (χ0) is 14.9. The van der Waals surface area contributed by atoms with Crippen LogP contribution in [0, 0.1) is 20.8 Å². The SMILES string of the molecule is CCc1c(C)nn(C(c2ccc(C)s2)C(N)CC)c1C. The normalized spacial score (nSPS) is 14.5. The van der Waals surface area contributed by atoms with Gasteiger partial charge in [0, 0.05) is 21.5 Å². The van der Waals surface area contributed by atoms with Crippen LogP contribution in [-0.2, 0) is 6.42 Å². The minimum Gasteiger partial charge on any atom is -0.326 e. The summed E-state index contributed by atoms with van der Waals surface area (Å²) >= 11 is 1.82. The van der Waals surface area contributed by atoms with Gasteiger partial charge in [0.05, 0.1) is 5.69 Å². The minimum absolute atomic E-state index is 0.0933. The first-order chi connectivity index (χ1) is 9.49. The zero-order valence-electron chi connectivity index (χ0n) is 13.1. The van der Waals surface area contributed by atoms with Crippen LogP contribution in [-0.4, -0.2) is 15.8 Å². The lowest BCUT2D eigenvalue weighted by molar-refractivity contribution is 0.421. The molecule has 20 heavy (non-hydrogen) atoms. The first-order valence-electron chi connectivity index (χ1n) is 7.36. The molecular formula is C16H25N3S. The standard InChI is InChI=1S/C16H25N3S/c1-6-13-11(4)18-19(12(13)5)16(14(17)7-2)15-9-8-10(3)20-15/h8-9,14,16H,6-7,17H2,1-5H3. The predicted molar refractivity (Wildman–Crippen MR) is 86.5 cm³/mol. The molecule has 2 aromatic rings. The molecular weight excluding hydrogens is 266 g/mol. The van der Waals surface area contributed by atoms with Gasteiger partial charge in [0.2, 0.25) is 0 Å². The van der Waals surface area contributed by atoms with Crippen LogP contribution < -0.4 is 5.73 Å². The van der Waals surface area contributed by atoms with E-state index < -0.39 is 0 Å². The summed E-state index contributed by atoms with van der Waals surface area (Å²) < 4.78 is 2.15. The summed E-state index contributed by atoms with van der Waals surface area (Å²) in [6.45, 7) is 10.7. The number of thiophene rings is 1. The van der Waals surface area contributed by atoms with Crippen LogP contribution in [0.25, 0.3) is 0 Å². The lowest BCUT2D eigenvalue weighted by atomic mass is 10.0. The van der Waals surface area contributed by atoms with Gasteiger partial charge < -0.3 is 5.73 Å². The Morgan fingerprint density at radius 2 is 1.95 bits per heavy atom. The molecule has 2 unspecified atom stereocenters. The summed E-state index contributed by atoms with van der Waals surface area (Å²) in [6, 6.07) is 4.61. The van der Waals surface area contributed by atoms with E-state index in [1.165, 1.54) is 21.0 Å². The second-order valence-electron chi connectivity index (χ2n) is 5.41. The van der Waals surface area contributed by atoms with E-state index in [2.05, 4.69) is 51.4 Å². The quantitative estimate of drug-likeness (QED) is 0.911. The molecule has 2 heterocycles. The van der Waals surface area contributed by atoms with Crippen molar-refractivity contribution in [3.63, 3.8) is 0 Å². The van der Waals surface area contributed by atoms with E-state index in [0.717, 1.165) is 18.5 Å². The molecule has 0 bridgehead atoms. The number of nitrogens with zero attached hydrogens (tertiary/aromatic N) is 2. The Morgan fingerprint density at radius 1 is 1.25 bits per heavy atom. The smallest absolute Gasteiger partial charge is 0.101 e. The topological polar surface area (TPSA) is 43.8 Å². The van der Waals surface area contributed by atoms with Crippen molar-refractivity contribution in [3.8, 4) is 0 Å². The van der Waals surface area contributed by atoms with Gasteiger partial charge in [0.15, 0.2) is 0 Å². The molecule has 0 saturated carbocycles. The molecule has 3 nitrogen and oxygen atoms in total. The Kier molecular flexibility index (Phi) is 4.66. The Bertz CT molecular complexity index is 583. The summed E-state index contributed by atoms with van der Waals surface area (Å²) in [7, 11) is 0. The Morgan fingerprint density at radius 3 is 2.40 bits per heavy atom. The highest BCUT2D eigenvalue weighted by atomic mass is 32.1. The Hall–Kier alpha value is -1.13. The number of hydrogen-bond acceptors (Lipinski definition) is 3. The van der Waals surface area contributed by atoms with E-state index in [4.69, 9.17) is 10.8 Å². The third kappa shape index (κ3) is 2.67. The molecule has 0 amide bonds. The lowest BCUT2D eigenvalue weighted by Gasteiger charge is -2.24. The molecule has 0 saturated heterocycles. The maximum atomic E-state index is 6.41. The van der Waals surface area contributed by atoms with Crippen LogP contribution in [0.4, 0.5) is 0 Å². The third-order valence-corrected chi connectivity index (χ3v) is 5.09. The fourth-order valence-corrected chi connectivity index (χ4v) is 3.87. The highest BCUT2D eigenvalue weighted by Gasteiger charge is 2.25. The number of aryl methyl sites for hydroxylation is 2. The Labute approximate surface area is 125 Å². The van der Waals surface area contributed by atoms with Crippen molar-refractivity contribution in [2.24, 2.45) is 5.73 Å². The maximum Gasteiger partial charge on any atom is 0.101 e. The van der Waals surface area contributed by atoms with Gasteiger partial charge in [0.1, 0.15) is 6.04 Å². The molecule has 2 atom stereocenters. The molecule has 0 aliphatic rings. The monoisotopic (exact) mass is 291 g/mol. The van der Waals surface area contributed by atoms with Crippen molar-refractivity contribution in [3.05, 3.63) is 38.8 Å². The van der Waals surface area contributed by atoms with Crippen molar-refractivity contribution < 1.29 is 0 Å². The maximum absolute atomic E-state index is 6.41. The molecule has 0 aliphatic heterocycles. The fraction of sp³-hybridized carbons (Fsp3) is 0.562. The molecule has 0 aromatic carbocycles. The van der Waals surface area contributed by atoms with Crippen LogP contribution >= 0.6 is 11.3 Å². The first-order valence-corrected chi connectivity index (χ1v) is 8.17. The number of nitrogens with two attached hydrogens (primary N) is 1. The number of rotatable bonds is 5. The summed E-state index contributed by atoms with van der Waals surface area (Å²) in [5, 5.41) is 4.78. The van der Waals surface area contributed by atoms with Gasteiger partial charge in [-0.2, -0.15) is 5.10 Å². The average Bonchev–Trinajstić information content (AvgIpc) is 2.95. The largest absolute Gasteiger partial charge is 0.326 e. The molecule has 0 radical (unpaired) electrons. The highest BCUT2D eigenvalue weighted by molar-refractivity contribution is 7.12. The minimum atomic E-state index is 0.0933. The van der Waals surface area contributed by atoms with E-state index in [-0.39, 0.29) is 12.1 Å². The van der Waals surface area contributed by atoms with Crippen molar-refractivity contribution >= 4 is 11.3 Å². The molecule has 2 N–H and O–H groups in total. The molecule has 0 aliphatic carbocycles. The zero-order valence-corrected chi connectivity index (χ0v) is 13.9. The van der Waals surface area contributed by atoms with E-state index in [0.29, 0.717) is 0 Å². The van der Waals surface area contributed by atoms with Gasteiger partial charge in [-0.25, -0.2) is 0 Å². The molecule has 0 fully saturated rings. The van der Waals surface area contributed by atoms with Crippen LogP contribution in [0.2, 0.25) is 0 Å². The molecule has 2 aromatic heterocycles. The van der Waals surface area contributed by atoms with Gasteiger partial charge >= 0.3 is 0 Å². The second kappa shape index (κ2) is 6.10. The van der Waals surface area contributed by atoms with Crippen molar-refractivity contribution in [1.82, 2.24) is 9.78 Å². The third-order valence-electron chi connectivity index (χ3n) is 4.02. The van der Waals surface area contributed by atoms with E-state index in [1.807, 2.05) is 11.3 Å². The van der Waals surface area contributed by atoms with Crippen LogP contribution in [0.1, 0.15) is 53.0 Å². The van der Waals surface area contributed by atoms with E-state index in [9.17, 15) is 0 Å². The van der Waals surface area contributed by atoms with Gasteiger partial charge in [-0.1, -0.05) is 13.8 Å². The van der Waals surface area contributed by atoms with Gasteiger partial charge in [-0.05, 0) is 51.3 Å². The summed E-state index contributed by atoms with van der Waals surface area (Å²) in [6.07, 6.45) is 1.97. The van der Waals surface area contributed by atoms with E-state index in [1.54, 1.807) is 0 Å². The first kappa shape index (κ1) is 15.3. The van der Waals surface area contributed by atoms with Crippen LogP contribution in [0.15, 0.2) is 12.1 Å². The van der Waals surface area contributed by atoms with E-state index >= 15 is 0 Å². The lowest BCUT2D eigenvalue weighted by Crippen LogP contribution is -2.33. The highest BCUT2D eigenvalue weighted by Crippen LogP contribution is 2.31. The summed E-state index contributed by atoms with van der Waals surface area (Å²) in [5.74, 6) is 0. The fourth-order valence-electron chi connectivity index (χ4n) is 2.83. The van der Waals surface area contributed by atoms with Gasteiger partial charge in [-0.15, -0.1) is 11.3 Å². The molecule has 2 rings (SSSR count). The number of aromatic nitrogens is 2. The Balaban J connectivity index is 2.52. The van der Waals surface area contributed by atoms with Crippen LogP contribution in [0.5, 0.6) is 0 Å². The number of hydrogen-bond donors (Lipinski definition) is 1. The van der Waals surface area contributed by atoms with Gasteiger partial charge in [0.25, 0.3) is 0 Å². The molecule has 4 heteroatoms. The van der Waals surface area contributed by atoms with Crippen molar-refractivity contribution in [2.75, 3.05) is 0 Å². The van der Waals surface area contributed by atoms with Crippen molar-refractivity contribution in [1.29, 1.82) is 0 Å². The van der Waals surface area contributed by atoms with Crippen LogP contribution in [0.3, 0.4) is 0 Å². The summed E-state index contributed by atoms with van der Waals surface area (Å²) in [4.78, 5) is 2.63.